The van der Waals surface area contributed by atoms with Gasteiger partial charge in [-0.3, -0.25) is 0 Å². The Morgan fingerprint density at radius 2 is 0.591 bits per heavy atom. The lowest BCUT2D eigenvalue weighted by Crippen LogP contribution is -1.84. The van der Waals surface area contributed by atoms with Gasteiger partial charge in [-0.15, -0.1) is 6.58 Å². The van der Waals surface area contributed by atoms with Gasteiger partial charge in [-0.2, -0.15) is 0 Å². The van der Waals surface area contributed by atoms with Gasteiger partial charge < -0.3 is 0 Å². The first-order chi connectivity index (χ1) is 32.2. The van der Waals surface area contributed by atoms with Gasteiger partial charge in [0, 0.05) is 0 Å². The molecule has 0 bridgehead atoms. The summed E-state index contributed by atoms with van der Waals surface area (Å²) in [6.07, 6.45) is 16.7. The summed E-state index contributed by atoms with van der Waals surface area (Å²) in [7, 11) is 0. The third kappa shape index (κ3) is 16.7. The Hall–Kier alpha value is -7.28. The van der Waals surface area contributed by atoms with Crippen molar-refractivity contribution in [3.8, 4) is 44.5 Å². The average Bonchev–Trinajstić information content (AvgIpc) is 3.36. The minimum absolute atomic E-state index is 1.05. The molecule has 0 N–H and O–H groups in total. The number of hydrogen-bond donors (Lipinski definition) is 0. The van der Waals surface area contributed by atoms with Crippen molar-refractivity contribution in [2.45, 2.75) is 67.2 Å². The molecule has 0 saturated heterocycles. The predicted molar refractivity (Wildman–Crippen MR) is 293 cm³/mol. The molecule has 0 saturated carbocycles. The van der Waals surface area contributed by atoms with Crippen molar-refractivity contribution in [2.75, 3.05) is 0 Å². The highest BCUT2D eigenvalue weighted by atomic mass is 14.1. The molecule has 0 spiro atoms. The van der Waals surface area contributed by atoms with Crippen molar-refractivity contribution in [1.29, 1.82) is 0 Å². The maximum Gasteiger partial charge on any atom is -0.0184 e. The molecular weight excluding hydrogens is 793 g/mol. The van der Waals surface area contributed by atoms with Crippen LogP contribution in [0.15, 0.2) is 232 Å². The van der Waals surface area contributed by atoms with Crippen LogP contribution in [0.1, 0.15) is 71.2 Å². The molecule has 0 aliphatic heterocycles. The fourth-order valence-electron chi connectivity index (χ4n) is 7.19. The lowest BCUT2D eigenvalue weighted by Gasteiger charge is -2.04. The van der Waals surface area contributed by atoms with E-state index in [9.17, 15) is 0 Å². The molecule has 0 unspecified atom stereocenters. The largest absolute Gasteiger partial charge is 0.103 e. The molecule has 0 atom stereocenters. The summed E-state index contributed by atoms with van der Waals surface area (Å²) in [5, 5.41) is 0. The monoisotopic (exact) mass is 861 g/mol. The van der Waals surface area contributed by atoms with Gasteiger partial charge in [0.1, 0.15) is 0 Å². The summed E-state index contributed by atoms with van der Waals surface area (Å²) >= 11 is 0. The molecule has 0 fully saturated rings. The van der Waals surface area contributed by atoms with Crippen LogP contribution < -0.4 is 0 Å². The van der Waals surface area contributed by atoms with Crippen LogP contribution in [0, 0.1) is 27.7 Å². The van der Waals surface area contributed by atoms with Crippen molar-refractivity contribution < 1.29 is 0 Å². The Kier molecular flexibility index (Phi) is 20.4. The molecule has 0 heteroatoms. The SMILES string of the molecule is C/C=C/CCc1ccc(-c2ccc(C)cc2)cc1.C/C=C/c1ccc(-c2ccc(C)cc2)cc1.C=CCCc1ccc(-c2ccc(C)cc2)cc1.C=Cc1ccc(-c2ccc(C)cc2)cc1. The van der Waals surface area contributed by atoms with E-state index in [4.69, 9.17) is 0 Å². The Morgan fingerprint density at radius 1 is 0.318 bits per heavy atom. The summed E-state index contributed by atoms with van der Waals surface area (Å²) in [6.45, 7) is 20.0. The van der Waals surface area contributed by atoms with E-state index < -0.39 is 0 Å². The van der Waals surface area contributed by atoms with Crippen molar-refractivity contribution in [1.82, 2.24) is 0 Å². The van der Waals surface area contributed by atoms with Crippen molar-refractivity contribution >= 4 is 12.2 Å². The molecule has 8 aromatic carbocycles. The zero-order valence-electron chi connectivity index (χ0n) is 40.2. The van der Waals surface area contributed by atoms with Crippen molar-refractivity contribution in [3.05, 3.63) is 276 Å². The molecule has 66 heavy (non-hydrogen) atoms. The fraction of sp³-hybridized carbons (Fsp3) is 0.152. The van der Waals surface area contributed by atoms with Crippen LogP contribution in [-0.4, -0.2) is 0 Å². The van der Waals surface area contributed by atoms with Gasteiger partial charge in [0.15, 0.2) is 0 Å². The number of rotatable bonds is 12. The van der Waals surface area contributed by atoms with E-state index in [1.165, 1.54) is 83.5 Å². The molecule has 0 heterocycles. The maximum absolute atomic E-state index is 3.75. The fourth-order valence-corrected chi connectivity index (χ4v) is 7.19. The van der Waals surface area contributed by atoms with E-state index in [1.807, 2.05) is 19.1 Å². The second-order valence-corrected chi connectivity index (χ2v) is 16.7. The maximum atomic E-state index is 3.75. The Labute approximate surface area is 398 Å². The van der Waals surface area contributed by atoms with Crippen LogP contribution in [0.25, 0.3) is 56.7 Å². The number of benzene rings is 8. The molecule has 0 aliphatic carbocycles. The summed E-state index contributed by atoms with van der Waals surface area (Å²) in [5.74, 6) is 0. The van der Waals surface area contributed by atoms with E-state index in [2.05, 4.69) is 266 Å². The van der Waals surface area contributed by atoms with Crippen molar-refractivity contribution in [3.63, 3.8) is 0 Å². The molecular formula is C66H68. The van der Waals surface area contributed by atoms with Crippen LogP contribution in [0.4, 0.5) is 0 Å². The van der Waals surface area contributed by atoms with Crippen LogP contribution in [0.2, 0.25) is 0 Å². The first kappa shape index (κ1) is 49.7. The third-order valence-corrected chi connectivity index (χ3v) is 11.3. The average molecular weight is 861 g/mol. The lowest BCUT2D eigenvalue weighted by atomic mass is 10.0. The summed E-state index contributed by atoms with van der Waals surface area (Å²) in [5.41, 5.74) is 20.6. The van der Waals surface area contributed by atoms with Gasteiger partial charge in [-0.25, -0.2) is 0 Å². The lowest BCUT2D eigenvalue weighted by molar-refractivity contribution is 1.000. The standard InChI is InChI=1S/C18H20.C17H18.C16H16.C15H14/c1-3-4-5-6-16-9-13-18(14-10-16)17-11-7-15(2)8-12-17;1-3-4-5-15-8-12-17(13-9-15)16-10-6-14(2)7-11-16;1-3-4-14-7-11-16(12-8-14)15-9-5-13(2)6-10-15;1-3-13-6-10-15(11-7-13)14-8-4-12(2)5-9-14/h3-4,7-14H,5-6H2,1-2H3;3,6-13H,1,4-5H2,2H3;3-12H,1-2H3;3-11H,1H2,2H3/b4-3+;;4-3+;. The van der Waals surface area contributed by atoms with Gasteiger partial charge in [-0.05, 0) is 134 Å². The minimum atomic E-state index is 1.05. The van der Waals surface area contributed by atoms with E-state index >= 15 is 0 Å². The molecule has 8 aromatic rings. The van der Waals surface area contributed by atoms with E-state index in [0.29, 0.717) is 0 Å². The quantitative estimate of drug-likeness (QED) is 0.107. The topological polar surface area (TPSA) is 0 Å². The van der Waals surface area contributed by atoms with Crippen LogP contribution in [0.5, 0.6) is 0 Å². The van der Waals surface area contributed by atoms with Crippen LogP contribution in [0.3, 0.4) is 0 Å². The van der Waals surface area contributed by atoms with Crippen LogP contribution >= 0.6 is 0 Å². The highest BCUT2D eigenvalue weighted by Gasteiger charge is 2.01. The Bertz CT molecular complexity index is 2670. The molecule has 0 nitrogen and oxygen atoms in total. The molecule has 0 aromatic heterocycles. The normalized spacial score (nSPS) is 10.5. The zero-order chi connectivity index (χ0) is 46.9. The summed E-state index contributed by atoms with van der Waals surface area (Å²) < 4.78 is 0. The molecule has 0 amide bonds. The molecule has 0 radical (unpaired) electrons. The third-order valence-electron chi connectivity index (χ3n) is 11.3. The number of allylic oxidation sites excluding steroid dienone is 4. The van der Waals surface area contributed by atoms with Crippen LogP contribution in [-0.2, 0) is 12.8 Å². The first-order valence-electron chi connectivity index (χ1n) is 23.3. The number of hydrogen-bond acceptors (Lipinski definition) is 0. The Morgan fingerprint density at radius 3 is 0.864 bits per heavy atom. The highest BCUT2D eigenvalue weighted by Crippen LogP contribution is 2.24. The second-order valence-electron chi connectivity index (χ2n) is 16.7. The van der Waals surface area contributed by atoms with Crippen molar-refractivity contribution in [2.24, 2.45) is 0 Å². The molecule has 0 aliphatic rings. The van der Waals surface area contributed by atoms with Gasteiger partial charge in [-0.1, -0.05) is 259 Å². The first-order valence-corrected chi connectivity index (χ1v) is 23.3. The van der Waals surface area contributed by atoms with Gasteiger partial charge in [0.25, 0.3) is 0 Å². The summed E-state index contributed by atoms with van der Waals surface area (Å²) in [4.78, 5) is 0. The van der Waals surface area contributed by atoms with Gasteiger partial charge in [0.05, 0.1) is 0 Å². The van der Waals surface area contributed by atoms with E-state index in [0.717, 1.165) is 31.2 Å². The summed E-state index contributed by atoms with van der Waals surface area (Å²) in [6, 6.07) is 69.3. The molecule has 8 rings (SSSR count). The zero-order valence-corrected chi connectivity index (χ0v) is 40.2. The molecule has 332 valence electrons. The van der Waals surface area contributed by atoms with Gasteiger partial charge >= 0.3 is 0 Å². The van der Waals surface area contributed by atoms with E-state index in [1.54, 1.807) is 0 Å². The van der Waals surface area contributed by atoms with Gasteiger partial charge in [0.2, 0.25) is 0 Å². The Balaban J connectivity index is 0.000000165. The minimum Gasteiger partial charge on any atom is -0.103 e. The second kappa shape index (κ2) is 27.1. The highest BCUT2D eigenvalue weighted by molar-refractivity contribution is 5.68. The van der Waals surface area contributed by atoms with E-state index in [-0.39, 0.29) is 0 Å². The smallest absolute Gasteiger partial charge is 0.0184 e. The number of aryl methyl sites for hydroxylation is 6. The predicted octanol–water partition coefficient (Wildman–Crippen LogP) is 19.0.